The number of aliphatic carboxylic acids is 1. The summed E-state index contributed by atoms with van der Waals surface area (Å²) in [6, 6.07) is 7.19. The van der Waals surface area contributed by atoms with E-state index in [0.29, 0.717) is 30.4 Å². The number of halogens is 1. The summed E-state index contributed by atoms with van der Waals surface area (Å²) >= 11 is 0. The van der Waals surface area contributed by atoms with E-state index in [-0.39, 0.29) is 24.9 Å². The third-order valence-corrected chi connectivity index (χ3v) is 6.77. The van der Waals surface area contributed by atoms with E-state index in [2.05, 4.69) is 19.2 Å². The number of carboxylic acid groups (broad SMARTS) is 1. The SMILES string of the molecule is CCC(C)c1ccc(S(=O)(=O)N2CCCC(CNCC(=O)O)C2)cc1.Cl. The second-order valence-corrected chi connectivity index (χ2v) is 8.71. The topological polar surface area (TPSA) is 86.7 Å². The molecule has 1 fully saturated rings. The van der Waals surface area contributed by atoms with Crippen LogP contribution >= 0.6 is 12.4 Å². The summed E-state index contributed by atoms with van der Waals surface area (Å²) < 4.78 is 27.3. The summed E-state index contributed by atoms with van der Waals surface area (Å²) in [5.74, 6) is -0.347. The monoisotopic (exact) mass is 404 g/mol. The number of hydrogen-bond acceptors (Lipinski definition) is 4. The van der Waals surface area contributed by atoms with Gasteiger partial charge in [0.1, 0.15) is 0 Å². The van der Waals surface area contributed by atoms with Crippen molar-refractivity contribution in [1.29, 1.82) is 0 Å². The van der Waals surface area contributed by atoms with Crippen LogP contribution in [0.15, 0.2) is 29.2 Å². The Morgan fingerprint density at radius 2 is 2.00 bits per heavy atom. The average molecular weight is 405 g/mol. The molecule has 0 amide bonds. The highest BCUT2D eigenvalue weighted by Gasteiger charge is 2.30. The lowest BCUT2D eigenvalue weighted by atomic mass is 9.99. The highest BCUT2D eigenvalue weighted by Crippen LogP contribution is 2.25. The van der Waals surface area contributed by atoms with Crippen LogP contribution in [-0.4, -0.2) is 50.0 Å². The first-order valence-corrected chi connectivity index (χ1v) is 10.3. The van der Waals surface area contributed by atoms with Crippen LogP contribution < -0.4 is 5.32 Å². The van der Waals surface area contributed by atoms with Gasteiger partial charge in [0, 0.05) is 13.1 Å². The van der Waals surface area contributed by atoms with Gasteiger partial charge in [0.15, 0.2) is 0 Å². The fourth-order valence-electron chi connectivity index (χ4n) is 3.15. The van der Waals surface area contributed by atoms with Crippen LogP contribution in [0.25, 0.3) is 0 Å². The lowest BCUT2D eigenvalue weighted by molar-refractivity contribution is -0.136. The summed E-state index contributed by atoms with van der Waals surface area (Å²) in [6.45, 7) is 5.61. The number of nitrogens with zero attached hydrogens (tertiary/aromatic N) is 1. The van der Waals surface area contributed by atoms with Crippen LogP contribution in [0.5, 0.6) is 0 Å². The van der Waals surface area contributed by atoms with E-state index in [0.717, 1.165) is 24.8 Å². The lowest BCUT2D eigenvalue weighted by Gasteiger charge is -2.32. The third-order valence-electron chi connectivity index (χ3n) is 4.89. The van der Waals surface area contributed by atoms with Gasteiger partial charge in [-0.05, 0) is 55.3 Å². The Bertz CT molecular complexity index is 679. The summed E-state index contributed by atoms with van der Waals surface area (Å²) in [5.41, 5.74) is 1.15. The van der Waals surface area contributed by atoms with E-state index >= 15 is 0 Å². The summed E-state index contributed by atoms with van der Waals surface area (Å²) in [6.07, 6.45) is 2.72. The van der Waals surface area contributed by atoms with Gasteiger partial charge in [-0.3, -0.25) is 4.79 Å². The van der Waals surface area contributed by atoms with Crippen LogP contribution in [0.3, 0.4) is 0 Å². The smallest absolute Gasteiger partial charge is 0.317 e. The molecule has 2 atom stereocenters. The van der Waals surface area contributed by atoms with Gasteiger partial charge in [-0.2, -0.15) is 4.31 Å². The van der Waals surface area contributed by atoms with E-state index in [1.807, 2.05) is 12.1 Å². The Hall–Kier alpha value is -1.15. The molecule has 148 valence electrons. The van der Waals surface area contributed by atoms with Gasteiger partial charge in [0.05, 0.1) is 11.4 Å². The standard InChI is InChI=1S/C18H28N2O4S.ClH/c1-3-14(2)16-6-8-17(9-7-16)25(23,24)20-10-4-5-15(13-20)11-19-12-18(21)22;/h6-9,14-15,19H,3-5,10-13H2,1-2H3,(H,21,22);1H. The van der Waals surface area contributed by atoms with E-state index in [9.17, 15) is 13.2 Å². The van der Waals surface area contributed by atoms with E-state index in [4.69, 9.17) is 5.11 Å². The summed E-state index contributed by atoms with van der Waals surface area (Å²) in [5, 5.41) is 11.6. The first-order chi connectivity index (χ1) is 11.8. The zero-order valence-electron chi connectivity index (χ0n) is 15.3. The van der Waals surface area contributed by atoms with Crippen molar-refractivity contribution in [2.24, 2.45) is 5.92 Å². The summed E-state index contributed by atoms with van der Waals surface area (Å²) in [7, 11) is -3.50. The zero-order chi connectivity index (χ0) is 18.4. The predicted molar refractivity (Wildman–Crippen MR) is 104 cm³/mol. The molecule has 2 rings (SSSR count). The molecule has 1 saturated heterocycles. The number of nitrogens with one attached hydrogen (secondary N) is 1. The molecule has 1 aromatic rings. The van der Waals surface area contributed by atoms with Crippen LogP contribution in [0.4, 0.5) is 0 Å². The van der Waals surface area contributed by atoms with Gasteiger partial charge in [-0.25, -0.2) is 8.42 Å². The molecule has 1 aromatic carbocycles. The maximum absolute atomic E-state index is 12.9. The highest BCUT2D eigenvalue weighted by atomic mass is 35.5. The molecule has 1 aliphatic rings. The largest absolute Gasteiger partial charge is 0.480 e. The number of hydrogen-bond donors (Lipinski definition) is 2. The van der Waals surface area contributed by atoms with Crippen LogP contribution in [0.1, 0.15) is 44.6 Å². The molecule has 0 aromatic heterocycles. The molecular formula is C18H29ClN2O4S. The fraction of sp³-hybridized carbons (Fsp3) is 0.611. The predicted octanol–water partition coefficient (Wildman–Crippen LogP) is 2.70. The molecule has 1 aliphatic heterocycles. The minimum absolute atomic E-state index is 0. The van der Waals surface area contributed by atoms with Crippen molar-refractivity contribution in [3.05, 3.63) is 29.8 Å². The van der Waals surface area contributed by atoms with Crippen molar-refractivity contribution < 1.29 is 18.3 Å². The van der Waals surface area contributed by atoms with Crippen molar-refractivity contribution in [2.45, 2.75) is 43.9 Å². The van der Waals surface area contributed by atoms with E-state index in [1.54, 1.807) is 12.1 Å². The molecule has 2 N–H and O–H groups in total. The van der Waals surface area contributed by atoms with Crippen LogP contribution in [0, 0.1) is 5.92 Å². The van der Waals surface area contributed by atoms with Crippen LogP contribution in [-0.2, 0) is 14.8 Å². The second kappa shape index (κ2) is 10.3. The maximum atomic E-state index is 12.9. The molecule has 6 nitrogen and oxygen atoms in total. The number of carbonyl (C=O) groups is 1. The van der Waals surface area contributed by atoms with Gasteiger partial charge < -0.3 is 10.4 Å². The fourth-order valence-corrected chi connectivity index (χ4v) is 4.70. The van der Waals surface area contributed by atoms with Crippen molar-refractivity contribution >= 4 is 28.4 Å². The third kappa shape index (κ3) is 5.94. The van der Waals surface area contributed by atoms with Crippen molar-refractivity contribution in [3.8, 4) is 0 Å². The molecule has 26 heavy (non-hydrogen) atoms. The second-order valence-electron chi connectivity index (χ2n) is 6.77. The number of sulfonamides is 1. The number of carboxylic acids is 1. The Kier molecular flexibility index (Phi) is 9.03. The van der Waals surface area contributed by atoms with E-state index < -0.39 is 16.0 Å². The van der Waals surface area contributed by atoms with Crippen molar-refractivity contribution in [3.63, 3.8) is 0 Å². The Morgan fingerprint density at radius 1 is 1.35 bits per heavy atom. The molecule has 2 unspecified atom stereocenters. The lowest BCUT2D eigenvalue weighted by Crippen LogP contribution is -2.43. The maximum Gasteiger partial charge on any atom is 0.317 e. The minimum atomic E-state index is -3.50. The average Bonchev–Trinajstić information content (AvgIpc) is 2.61. The first kappa shape index (κ1) is 22.9. The van der Waals surface area contributed by atoms with E-state index in [1.165, 1.54) is 4.31 Å². The quantitative estimate of drug-likeness (QED) is 0.695. The van der Waals surface area contributed by atoms with Gasteiger partial charge in [-0.1, -0.05) is 26.0 Å². The van der Waals surface area contributed by atoms with Gasteiger partial charge in [-0.15, -0.1) is 12.4 Å². The summed E-state index contributed by atoms with van der Waals surface area (Å²) in [4.78, 5) is 10.9. The van der Waals surface area contributed by atoms with Crippen molar-refractivity contribution in [2.75, 3.05) is 26.2 Å². The number of rotatable bonds is 8. The molecule has 0 aliphatic carbocycles. The molecule has 8 heteroatoms. The molecule has 0 saturated carbocycles. The Balaban J connectivity index is 0.00000338. The van der Waals surface area contributed by atoms with Crippen LogP contribution in [0.2, 0.25) is 0 Å². The number of piperidine rings is 1. The highest BCUT2D eigenvalue weighted by molar-refractivity contribution is 7.89. The first-order valence-electron chi connectivity index (χ1n) is 8.87. The van der Waals surface area contributed by atoms with Gasteiger partial charge in [0.2, 0.25) is 10.0 Å². The minimum Gasteiger partial charge on any atom is -0.480 e. The Morgan fingerprint density at radius 3 is 2.58 bits per heavy atom. The molecule has 0 spiro atoms. The number of benzene rings is 1. The normalized spacial score (nSPS) is 19.5. The molecule has 0 bridgehead atoms. The molecular weight excluding hydrogens is 376 g/mol. The van der Waals surface area contributed by atoms with Crippen molar-refractivity contribution in [1.82, 2.24) is 9.62 Å². The van der Waals surface area contributed by atoms with Gasteiger partial charge in [0.25, 0.3) is 0 Å². The molecule has 1 heterocycles. The Labute approximate surface area is 162 Å². The molecule has 0 radical (unpaired) electrons. The zero-order valence-corrected chi connectivity index (χ0v) is 17.0. The van der Waals surface area contributed by atoms with Gasteiger partial charge >= 0.3 is 5.97 Å².